The molecule has 5 nitrogen and oxygen atoms in total. The molecular formula is C13H17Cl2N3O2. The molecule has 0 unspecified atom stereocenters. The summed E-state index contributed by atoms with van der Waals surface area (Å²) in [5.74, 6) is 1.20. The number of nitrogens with zero attached hydrogens (tertiary/aromatic N) is 2. The Balaban J connectivity index is 0.00000200. The summed E-state index contributed by atoms with van der Waals surface area (Å²) >= 11 is 6.09. The lowest BCUT2D eigenvalue weighted by molar-refractivity contribution is 0.197. The molecule has 2 aromatic rings. The van der Waals surface area contributed by atoms with Gasteiger partial charge in [0.2, 0.25) is 5.89 Å². The molecule has 0 fully saturated rings. The van der Waals surface area contributed by atoms with E-state index in [9.17, 15) is 0 Å². The third-order valence-corrected chi connectivity index (χ3v) is 2.94. The molecule has 0 aliphatic rings. The standard InChI is InChI=1S/C13H16ClN3O2.ClH/c1-18-7-6-15-9-13-16-12(17-19-13)8-10-4-2-3-5-11(10)14;/h2-5,15H,6-9H2,1H3;1H. The highest BCUT2D eigenvalue weighted by atomic mass is 35.5. The van der Waals surface area contributed by atoms with Crippen LogP contribution in [0.1, 0.15) is 17.3 Å². The third-order valence-electron chi connectivity index (χ3n) is 2.58. The van der Waals surface area contributed by atoms with Gasteiger partial charge in [0.1, 0.15) is 0 Å². The molecule has 0 radical (unpaired) electrons. The van der Waals surface area contributed by atoms with E-state index in [1.807, 2.05) is 24.3 Å². The fourth-order valence-corrected chi connectivity index (χ4v) is 1.82. The van der Waals surface area contributed by atoms with Crippen molar-refractivity contribution in [3.63, 3.8) is 0 Å². The van der Waals surface area contributed by atoms with Gasteiger partial charge in [-0.1, -0.05) is 35.0 Å². The van der Waals surface area contributed by atoms with Gasteiger partial charge >= 0.3 is 0 Å². The number of aromatic nitrogens is 2. The minimum Gasteiger partial charge on any atom is -0.383 e. The first-order chi connectivity index (χ1) is 9.29. The zero-order chi connectivity index (χ0) is 13.5. The Morgan fingerprint density at radius 1 is 1.35 bits per heavy atom. The number of nitrogens with one attached hydrogen (secondary N) is 1. The normalized spacial score (nSPS) is 10.3. The first-order valence-corrected chi connectivity index (χ1v) is 6.42. The number of ether oxygens (including phenoxy) is 1. The number of hydrogen-bond donors (Lipinski definition) is 1. The summed E-state index contributed by atoms with van der Waals surface area (Å²) in [6, 6.07) is 7.64. The summed E-state index contributed by atoms with van der Waals surface area (Å²) in [5.41, 5.74) is 0.990. The van der Waals surface area contributed by atoms with E-state index in [1.54, 1.807) is 7.11 Å². The monoisotopic (exact) mass is 317 g/mol. The molecule has 1 heterocycles. The fraction of sp³-hybridized carbons (Fsp3) is 0.385. The van der Waals surface area contributed by atoms with Gasteiger partial charge in [0.25, 0.3) is 0 Å². The lowest BCUT2D eigenvalue weighted by Gasteiger charge is -1.99. The predicted octanol–water partition coefficient (Wildman–Crippen LogP) is 2.47. The van der Waals surface area contributed by atoms with Crippen LogP contribution in [0.25, 0.3) is 0 Å². The van der Waals surface area contributed by atoms with Gasteiger partial charge in [-0.05, 0) is 11.6 Å². The summed E-state index contributed by atoms with van der Waals surface area (Å²) in [4.78, 5) is 4.30. The van der Waals surface area contributed by atoms with Crippen LogP contribution in [0.2, 0.25) is 5.02 Å². The Labute approximate surface area is 129 Å². The molecule has 0 amide bonds. The van der Waals surface area contributed by atoms with Crippen LogP contribution < -0.4 is 5.32 Å². The molecule has 0 saturated heterocycles. The number of methoxy groups -OCH3 is 1. The SMILES string of the molecule is COCCNCc1nc(Cc2ccccc2Cl)no1.Cl. The number of benzene rings is 1. The smallest absolute Gasteiger partial charge is 0.240 e. The van der Waals surface area contributed by atoms with E-state index < -0.39 is 0 Å². The highest BCUT2D eigenvalue weighted by Crippen LogP contribution is 2.17. The van der Waals surface area contributed by atoms with Crippen molar-refractivity contribution in [3.8, 4) is 0 Å². The van der Waals surface area contributed by atoms with Crippen molar-refractivity contribution < 1.29 is 9.26 Å². The average Bonchev–Trinajstić information content (AvgIpc) is 2.85. The van der Waals surface area contributed by atoms with Gasteiger partial charge in [0.05, 0.1) is 13.2 Å². The van der Waals surface area contributed by atoms with Crippen LogP contribution in [-0.4, -0.2) is 30.4 Å². The molecule has 110 valence electrons. The molecule has 0 aliphatic heterocycles. The van der Waals surface area contributed by atoms with E-state index in [0.717, 1.165) is 12.1 Å². The molecule has 1 aromatic carbocycles. The molecule has 0 saturated carbocycles. The first kappa shape index (κ1) is 16.9. The van der Waals surface area contributed by atoms with Gasteiger partial charge in [0.15, 0.2) is 5.82 Å². The molecule has 0 aliphatic carbocycles. The Kier molecular flexibility index (Phi) is 7.54. The molecule has 0 bridgehead atoms. The molecule has 1 N–H and O–H groups in total. The topological polar surface area (TPSA) is 60.2 Å². The zero-order valence-electron chi connectivity index (χ0n) is 11.1. The van der Waals surface area contributed by atoms with E-state index in [0.29, 0.717) is 36.3 Å². The highest BCUT2D eigenvalue weighted by molar-refractivity contribution is 6.31. The van der Waals surface area contributed by atoms with Crippen molar-refractivity contribution in [2.45, 2.75) is 13.0 Å². The van der Waals surface area contributed by atoms with E-state index in [2.05, 4.69) is 15.5 Å². The summed E-state index contributed by atoms with van der Waals surface area (Å²) in [6.07, 6.45) is 0.571. The first-order valence-electron chi connectivity index (χ1n) is 6.04. The Morgan fingerprint density at radius 2 is 2.15 bits per heavy atom. The molecule has 20 heavy (non-hydrogen) atoms. The Bertz CT molecular complexity index is 520. The fourth-order valence-electron chi connectivity index (χ4n) is 1.62. The lowest BCUT2D eigenvalue weighted by atomic mass is 10.1. The van der Waals surface area contributed by atoms with Crippen molar-refractivity contribution >= 4 is 24.0 Å². The predicted molar refractivity (Wildman–Crippen MR) is 79.4 cm³/mol. The van der Waals surface area contributed by atoms with Crippen molar-refractivity contribution in [3.05, 3.63) is 46.6 Å². The van der Waals surface area contributed by atoms with Crippen LogP contribution >= 0.6 is 24.0 Å². The third kappa shape index (κ3) is 5.09. The van der Waals surface area contributed by atoms with Crippen LogP contribution in [0.5, 0.6) is 0 Å². The van der Waals surface area contributed by atoms with Crippen LogP contribution in [0, 0.1) is 0 Å². The summed E-state index contributed by atoms with van der Waals surface area (Å²) < 4.78 is 10.1. The molecule has 0 spiro atoms. The van der Waals surface area contributed by atoms with Crippen LogP contribution in [-0.2, 0) is 17.7 Å². The van der Waals surface area contributed by atoms with E-state index >= 15 is 0 Å². The van der Waals surface area contributed by atoms with E-state index in [-0.39, 0.29) is 12.4 Å². The Morgan fingerprint density at radius 3 is 2.90 bits per heavy atom. The van der Waals surface area contributed by atoms with Crippen molar-refractivity contribution in [1.29, 1.82) is 0 Å². The lowest BCUT2D eigenvalue weighted by Crippen LogP contribution is -2.18. The molecule has 1 aromatic heterocycles. The maximum Gasteiger partial charge on any atom is 0.240 e. The molecular weight excluding hydrogens is 301 g/mol. The highest BCUT2D eigenvalue weighted by Gasteiger charge is 2.08. The zero-order valence-corrected chi connectivity index (χ0v) is 12.7. The maximum absolute atomic E-state index is 6.09. The number of hydrogen-bond acceptors (Lipinski definition) is 5. The molecule has 2 rings (SSSR count). The number of halogens is 2. The van der Waals surface area contributed by atoms with Gasteiger partial charge in [-0.3, -0.25) is 0 Å². The molecule has 7 heteroatoms. The van der Waals surface area contributed by atoms with Crippen LogP contribution in [0.15, 0.2) is 28.8 Å². The average molecular weight is 318 g/mol. The summed E-state index contributed by atoms with van der Waals surface area (Å²) in [7, 11) is 1.66. The van der Waals surface area contributed by atoms with E-state index in [1.165, 1.54) is 0 Å². The minimum atomic E-state index is 0. The second-order valence-corrected chi connectivity index (χ2v) is 4.45. The van der Waals surface area contributed by atoms with Crippen molar-refractivity contribution in [2.75, 3.05) is 20.3 Å². The van der Waals surface area contributed by atoms with Gasteiger partial charge < -0.3 is 14.6 Å². The quantitative estimate of drug-likeness (QED) is 0.795. The largest absolute Gasteiger partial charge is 0.383 e. The van der Waals surface area contributed by atoms with Gasteiger partial charge in [0, 0.05) is 25.1 Å². The molecule has 0 atom stereocenters. The summed E-state index contributed by atoms with van der Waals surface area (Å²) in [6.45, 7) is 1.94. The van der Waals surface area contributed by atoms with Crippen LogP contribution in [0.4, 0.5) is 0 Å². The maximum atomic E-state index is 6.09. The van der Waals surface area contributed by atoms with Gasteiger partial charge in [-0.2, -0.15) is 4.98 Å². The van der Waals surface area contributed by atoms with Gasteiger partial charge in [-0.25, -0.2) is 0 Å². The van der Waals surface area contributed by atoms with Crippen LogP contribution in [0.3, 0.4) is 0 Å². The summed E-state index contributed by atoms with van der Waals surface area (Å²) in [5, 5.41) is 7.79. The number of rotatable bonds is 7. The minimum absolute atomic E-state index is 0. The Hall–Kier alpha value is -1.14. The van der Waals surface area contributed by atoms with Crippen molar-refractivity contribution in [2.24, 2.45) is 0 Å². The van der Waals surface area contributed by atoms with E-state index in [4.69, 9.17) is 20.9 Å². The second kappa shape index (κ2) is 8.92. The van der Waals surface area contributed by atoms with Gasteiger partial charge in [-0.15, -0.1) is 12.4 Å². The van der Waals surface area contributed by atoms with Crippen molar-refractivity contribution in [1.82, 2.24) is 15.5 Å². The second-order valence-electron chi connectivity index (χ2n) is 4.04.